The Bertz CT molecular complexity index is 153. The molecule has 0 atom stereocenters. The van der Waals surface area contributed by atoms with E-state index in [-0.39, 0.29) is 0 Å². The monoisotopic (exact) mass is 123 g/mol. The third-order valence-corrected chi connectivity index (χ3v) is 0.835. The van der Waals surface area contributed by atoms with Gasteiger partial charge in [0.05, 0.1) is 0 Å². The van der Waals surface area contributed by atoms with E-state index < -0.39 is 5.78 Å². The normalized spacial score (nSPS) is 9.33. The Balaban J connectivity index is 3.48. The van der Waals surface area contributed by atoms with Gasteiger partial charge in [-0.25, -0.2) is 0 Å². The van der Waals surface area contributed by atoms with Gasteiger partial charge in [-0.3, -0.25) is 4.79 Å². The van der Waals surface area contributed by atoms with Crippen LogP contribution < -0.4 is 0 Å². The fourth-order valence-corrected chi connectivity index (χ4v) is 0.394. The fraction of sp³-hybridized carbons (Fsp3) is 0.429. The van der Waals surface area contributed by atoms with Crippen molar-refractivity contribution in [3.05, 3.63) is 12.2 Å². The molecule has 0 aliphatic carbocycles. The summed E-state index contributed by atoms with van der Waals surface area (Å²) in [6, 6.07) is 1.50. The van der Waals surface area contributed by atoms with Crippen LogP contribution in [0.25, 0.3) is 0 Å². The lowest BCUT2D eigenvalue weighted by Gasteiger charge is -1.78. The number of ketones is 1. The molecule has 0 spiro atoms. The van der Waals surface area contributed by atoms with Crippen LogP contribution in [0.3, 0.4) is 0 Å². The molecule has 0 aliphatic rings. The van der Waals surface area contributed by atoms with Crippen LogP contribution in [0.5, 0.6) is 0 Å². The highest BCUT2D eigenvalue weighted by molar-refractivity contribution is 6.02. The number of hydrogen-bond donors (Lipinski definition) is 0. The minimum Gasteiger partial charge on any atom is -0.278 e. The third-order valence-electron chi connectivity index (χ3n) is 0.835. The molecule has 0 radical (unpaired) electrons. The van der Waals surface area contributed by atoms with E-state index >= 15 is 0 Å². The predicted octanol–water partition coefficient (Wildman–Crippen LogP) is 1.44. The zero-order chi connectivity index (χ0) is 7.11. The number of unbranched alkanes of at least 4 members (excludes halogenated alkanes) is 1. The minimum atomic E-state index is -0.469. The minimum absolute atomic E-state index is 0.469. The lowest BCUT2D eigenvalue weighted by atomic mass is 10.3. The van der Waals surface area contributed by atoms with Gasteiger partial charge in [-0.1, -0.05) is 19.4 Å². The quantitative estimate of drug-likeness (QED) is 0.420. The molecule has 2 heteroatoms. The molecule has 0 fully saturated rings. The van der Waals surface area contributed by atoms with Crippen molar-refractivity contribution >= 4 is 5.78 Å². The molecule has 0 aromatic carbocycles. The van der Waals surface area contributed by atoms with Crippen LogP contribution >= 0.6 is 0 Å². The number of hydrogen-bond acceptors (Lipinski definition) is 2. The van der Waals surface area contributed by atoms with Crippen LogP contribution in [-0.4, -0.2) is 5.78 Å². The van der Waals surface area contributed by atoms with E-state index in [0.29, 0.717) is 0 Å². The maximum absolute atomic E-state index is 10.2. The summed E-state index contributed by atoms with van der Waals surface area (Å²) in [5.41, 5.74) is 0. The molecular formula is C7H9NO. The van der Waals surface area contributed by atoms with E-state index in [1.807, 2.05) is 6.92 Å². The van der Waals surface area contributed by atoms with Crippen molar-refractivity contribution in [1.82, 2.24) is 0 Å². The molecule has 0 N–H and O–H groups in total. The molecule has 0 amide bonds. The molecule has 0 rings (SSSR count). The van der Waals surface area contributed by atoms with Gasteiger partial charge in [0.15, 0.2) is 0 Å². The summed E-state index contributed by atoms with van der Waals surface area (Å²) in [6.07, 6.45) is 4.90. The summed E-state index contributed by atoms with van der Waals surface area (Å²) in [5.74, 6) is -0.469. The number of rotatable bonds is 3. The molecule has 0 bridgehead atoms. The Morgan fingerprint density at radius 2 is 2.44 bits per heavy atom. The fourth-order valence-electron chi connectivity index (χ4n) is 0.394. The van der Waals surface area contributed by atoms with Crippen molar-refractivity contribution in [3.8, 4) is 6.07 Å². The molecular weight excluding hydrogens is 114 g/mol. The summed E-state index contributed by atoms with van der Waals surface area (Å²) in [6.45, 7) is 2.02. The highest BCUT2D eigenvalue weighted by Crippen LogP contribution is 1.87. The van der Waals surface area contributed by atoms with Gasteiger partial charge < -0.3 is 0 Å². The smallest absolute Gasteiger partial charge is 0.254 e. The Kier molecular flexibility index (Phi) is 4.43. The largest absolute Gasteiger partial charge is 0.278 e. The van der Waals surface area contributed by atoms with E-state index in [9.17, 15) is 4.79 Å². The van der Waals surface area contributed by atoms with E-state index in [2.05, 4.69) is 0 Å². The molecule has 48 valence electrons. The highest BCUT2D eigenvalue weighted by atomic mass is 16.1. The second-order valence-electron chi connectivity index (χ2n) is 1.67. The first-order valence-corrected chi connectivity index (χ1v) is 2.92. The summed E-state index contributed by atoms with van der Waals surface area (Å²) >= 11 is 0. The second kappa shape index (κ2) is 5.04. The van der Waals surface area contributed by atoms with Crippen molar-refractivity contribution < 1.29 is 4.79 Å². The summed E-state index contributed by atoms with van der Waals surface area (Å²) < 4.78 is 0. The summed E-state index contributed by atoms with van der Waals surface area (Å²) in [7, 11) is 0. The van der Waals surface area contributed by atoms with Crippen LogP contribution in [0.1, 0.15) is 19.8 Å². The molecule has 0 heterocycles. The van der Waals surface area contributed by atoms with Gasteiger partial charge in [0.1, 0.15) is 6.07 Å². The van der Waals surface area contributed by atoms with E-state index in [0.717, 1.165) is 12.8 Å². The zero-order valence-corrected chi connectivity index (χ0v) is 5.42. The van der Waals surface area contributed by atoms with Crippen LogP contribution in [-0.2, 0) is 4.79 Å². The summed E-state index contributed by atoms with van der Waals surface area (Å²) in [5, 5.41) is 7.98. The first kappa shape index (κ1) is 7.90. The van der Waals surface area contributed by atoms with Gasteiger partial charge in [-0.2, -0.15) is 5.26 Å². The number of carbonyl (C=O) groups is 1. The van der Waals surface area contributed by atoms with E-state index in [1.165, 1.54) is 12.1 Å². The lowest BCUT2D eigenvalue weighted by molar-refractivity contribution is -0.109. The lowest BCUT2D eigenvalue weighted by Crippen LogP contribution is -1.82. The van der Waals surface area contributed by atoms with Gasteiger partial charge in [0.25, 0.3) is 5.78 Å². The van der Waals surface area contributed by atoms with Gasteiger partial charge >= 0.3 is 0 Å². The first-order chi connectivity index (χ1) is 4.31. The Hall–Kier alpha value is -1.10. The summed E-state index contributed by atoms with van der Waals surface area (Å²) in [4.78, 5) is 10.2. The maximum Gasteiger partial charge on any atom is 0.254 e. The average molecular weight is 123 g/mol. The predicted molar refractivity (Wildman–Crippen MR) is 34.7 cm³/mol. The zero-order valence-electron chi connectivity index (χ0n) is 5.42. The third kappa shape index (κ3) is 4.76. The molecule has 0 saturated heterocycles. The van der Waals surface area contributed by atoms with Crippen molar-refractivity contribution in [1.29, 1.82) is 5.26 Å². The van der Waals surface area contributed by atoms with Gasteiger partial charge in [0, 0.05) is 0 Å². The van der Waals surface area contributed by atoms with Crippen molar-refractivity contribution in [2.75, 3.05) is 0 Å². The van der Waals surface area contributed by atoms with Crippen molar-refractivity contribution in [2.24, 2.45) is 0 Å². The maximum atomic E-state index is 10.2. The molecule has 0 saturated carbocycles. The van der Waals surface area contributed by atoms with Crippen LogP contribution in [0.4, 0.5) is 0 Å². The van der Waals surface area contributed by atoms with Crippen LogP contribution in [0.15, 0.2) is 12.2 Å². The second-order valence-corrected chi connectivity index (χ2v) is 1.67. The molecule has 0 aromatic rings. The van der Waals surface area contributed by atoms with E-state index in [4.69, 9.17) is 5.26 Å². The highest BCUT2D eigenvalue weighted by Gasteiger charge is 1.86. The molecule has 0 aromatic heterocycles. The van der Waals surface area contributed by atoms with Crippen molar-refractivity contribution in [2.45, 2.75) is 19.8 Å². The SMILES string of the molecule is CCCC=CC(=O)C#N. The Morgan fingerprint density at radius 1 is 1.78 bits per heavy atom. The number of nitrogens with zero attached hydrogens (tertiary/aromatic N) is 1. The number of allylic oxidation sites excluding steroid dienone is 2. The molecule has 0 unspecified atom stereocenters. The standard InChI is InChI=1S/C7H9NO/c1-2-3-4-5-7(9)6-8/h4-5H,2-3H2,1H3. The topological polar surface area (TPSA) is 40.9 Å². The van der Waals surface area contributed by atoms with Crippen molar-refractivity contribution in [3.63, 3.8) is 0 Å². The van der Waals surface area contributed by atoms with Gasteiger partial charge in [0.2, 0.25) is 0 Å². The first-order valence-electron chi connectivity index (χ1n) is 2.92. The molecule has 2 nitrogen and oxygen atoms in total. The van der Waals surface area contributed by atoms with Crippen LogP contribution in [0, 0.1) is 11.3 Å². The Labute approximate surface area is 54.8 Å². The average Bonchev–Trinajstić information content (AvgIpc) is 1.89. The van der Waals surface area contributed by atoms with Gasteiger partial charge in [-0.05, 0) is 12.5 Å². The number of nitriles is 1. The van der Waals surface area contributed by atoms with Gasteiger partial charge in [-0.15, -0.1) is 0 Å². The molecule has 9 heavy (non-hydrogen) atoms. The Morgan fingerprint density at radius 3 is 2.89 bits per heavy atom. The van der Waals surface area contributed by atoms with Crippen LogP contribution in [0.2, 0.25) is 0 Å². The number of carbonyl (C=O) groups excluding carboxylic acids is 1. The van der Waals surface area contributed by atoms with E-state index in [1.54, 1.807) is 6.08 Å². The molecule has 0 aliphatic heterocycles.